The molecule has 0 saturated carbocycles. The van der Waals surface area contributed by atoms with Crippen LogP contribution in [-0.4, -0.2) is 35.4 Å². The summed E-state index contributed by atoms with van der Waals surface area (Å²) in [6.07, 6.45) is -2.16. The third kappa shape index (κ3) is 2.29. The first-order valence-corrected chi connectivity index (χ1v) is 7.50. The summed E-state index contributed by atoms with van der Waals surface area (Å²) in [5, 5.41) is 11.9. The van der Waals surface area contributed by atoms with E-state index in [1.165, 1.54) is 17.1 Å². The highest BCUT2D eigenvalue weighted by Crippen LogP contribution is 2.46. The molecule has 1 aromatic carbocycles. The van der Waals surface area contributed by atoms with Crippen LogP contribution in [0.3, 0.4) is 0 Å². The van der Waals surface area contributed by atoms with Crippen molar-refractivity contribution in [2.24, 2.45) is 5.41 Å². The van der Waals surface area contributed by atoms with Gasteiger partial charge in [0.25, 0.3) is 12.3 Å². The number of carbonyl (C=O) groups excluding carboxylic acids is 1. The standard InChI is InChI=1S/C16H16F3N3O/c1-2-16(14(18)19)9-21-4-3-13(22(21)15(16)23)11-5-10(8-20)6-12(17)7-11/h5-7,13-14H,2-4,9H2,1H3/t13-,16+/m0/s1. The van der Waals surface area contributed by atoms with Crippen molar-refractivity contribution in [3.05, 3.63) is 35.1 Å². The van der Waals surface area contributed by atoms with E-state index in [-0.39, 0.29) is 18.5 Å². The van der Waals surface area contributed by atoms with Crippen molar-refractivity contribution in [1.29, 1.82) is 5.26 Å². The van der Waals surface area contributed by atoms with E-state index in [2.05, 4.69) is 0 Å². The Morgan fingerprint density at radius 2 is 2.17 bits per heavy atom. The van der Waals surface area contributed by atoms with Crippen LogP contribution in [-0.2, 0) is 4.79 Å². The fourth-order valence-electron chi connectivity index (χ4n) is 3.50. The molecule has 2 aliphatic heterocycles. The molecule has 2 fully saturated rings. The molecule has 0 aliphatic carbocycles. The van der Waals surface area contributed by atoms with Crippen LogP contribution in [0, 0.1) is 22.6 Å². The fourth-order valence-corrected chi connectivity index (χ4v) is 3.50. The van der Waals surface area contributed by atoms with Crippen molar-refractivity contribution in [1.82, 2.24) is 10.0 Å². The van der Waals surface area contributed by atoms with Crippen LogP contribution in [0.1, 0.15) is 36.9 Å². The molecule has 0 radical (unpaired) electrons. The second kappa shape index (κ2) is 5.53. The molecule has 1 amide bonds. The number of alkyl halides is 2. The van der Waals surface area contributed by atoms with Gasteiger partial charge in [0.1, 0.15) is 11.2 Å². The Morgan fingerprint density at radius 3 is 2.78 bits per heavy atom. The first kappa shape index (κ1) is 15.8. The summed E-state index contributed by atoms with van der Waals surface area (Å²) in [4.78, 5) is 12.7. The molecule has 2 aliphatic rings. The fraction of sp³-hybridized carbons (Fsp3) is 0.500. The number of hydrogen-bond donors (Lipinski definition) is 0. The Morgan fingerprint density at radius 1 is 1.43 bits per heavy atom. The van der Waals surface area contributed by atoms with Crippen molar-refractivity contribution in [2.45, 2.75) is 32.2 Å². The summed E-state index contributed by atoms with van der Waals surface area (Å²) in [6, 6.07) is 5.25. The number of halogens is 3. The molecule has 122 valence electrons. The third-order valence-corrected chi connectivity index (χ3v) is 4.84. The molecule has 7 heteroatoms. The van der Waals surface area contributed by atoms with Crippen LogP contribution in [0.15, 0.2) is 18.2 Å². The first-order chi connectivity index (χ1) is 10.9. The maximum Gasteiger partial charge on any atom is 0.254 e. The van der Waals surface area contributed by atoms with Gasteiger partial charge in [-0.3, -0.25) is 9.80 Å². The molecule has 2 heterocycles. The number of fused-ring (bicyclic) bond motifs is 1. The molecule has 2 atom stereocenters. The zero-order valence-electron chi connectivity index (χ0n) is 12.6. The maximum atomic E-state index is 13.7. The highest BCUT2D eigenvalue weighted by atomic mass is 19.3. The van der Waals surface area contributed by atoms with Crippen LogP contribution < -0.4 is 0 Å². The van der Waals surface area contributed by atoms with Gasteiger partial charge >= 0.3 is 0 Å². The van der Waals surface area contributed by atoms with E-state index in [4.69, 9.17) is 5.26 Å². The number of carbonyl (C=O) groups is 1. The minimum atomic E-state index is -2.74. The molecule has 23 heavy (non-hydrogen) atoms. The predicted octanol–water partition coefficient (Wildman–Crippen LogP) is 2.86. The minimum absolute atomic E-state index is 0.0169. The van der Waals surface area contributed by atoms with Crippen LogP contribution >= 0.6 is 0 Å². The van der Waals surface area contributed by atoms with Gasteiger partial charge in [-0.15, -0.1) is 0 Å². The van der Waals surface area contributed by atoms with Crippen LogP contribution in [0.5, 0.6) is 0 Å². The van der Waals surface area contributed by atoms with Gasteiger partial charge in [-0.05, 0) is 36.6 Å². The van der Waals surface area contributed by atoms with E-state index >= 15 is 0 Å². The normalized spacial score (nSPS) is 27.6. The summed E-state index contributed by atoms with van der Waals surface area (Å²) in [7, 11) is 0. The van der Waals surface area contributed by atoms with E-state index in [0.29, 0.717) is 18.5 Å². The molecule has 1 aromatic rings. The zero-order valence-corrected chi connectivity index (χ0v) is 12.6. The number of amides is 1. The van der Waals surface area contributed by atoms with Crippen molar-refractivity contribution in [3.63, 3.8) is 0 Å². The average Bonchev–Trinajstić information content (AvgIpc) is 3.05. The van der Waals surface area contributed by atoms with Crippen LogP contribution in [0.4, 0.5) is 13.2 Å². The molecule has 2 saturated heterocycles. The minimum Gasteiger partial charge on any atom is -0.272 e. The van der Waals surface area contributed by atoms with Crippen molar-refractivity contribution in [3.8, 4) is 6.07 Å². The molecule has 0 bridgehead atoms. The lowest BCUT2D eigenvalue weighted by molar-refractivity contribution is -0.148. The summed E-state index contributed by atoms with van der Waals surface area (Å²) < 4.78 is 40.6. The van der Waals surface area contributed by atoms with E-state index in [9.17, 15) is 18.0 Å². The molecule has 3 rings (SSSR count). The number of hydrazine groups is 1. The van der Waals surface area contributed by atoms with Crippen LogP contribution in [0.25, 0.3) is 0 Å². The van der Waals surface area contributed by atoms with Gasteiger partial charge in [-0.25, -0.2) is 18.2 Å². The van der Waals surface area contributed by atoms with Gasteiger partial charge in [0.15, 0.2) is 0 Å². The smallest absolute Gasteiger partial charge is 0.254 e. The Balaban J connectivity index is 1.98. The topological polar surface area (TPSA) is 47.3 Å². The van der Waals surface area contributed by atoms with Crippen molar-refractivity contribution in [2.75, 3.05) is 13.1 Å². The molecule has 0 N–H and O–H groups in total. The first-order valence-electron chi connectivity index (χ1n) is 7.50. The summed E-state index contributed by atoms with van der Waals surface area (Å²) in [5.41, 5.74) is -1.07. The molecule has 0 spiro atoms. The van der Waals surface area contributed by atoms with Crippen LogP contribution in [0.2, 0.25) is 0 Å². The Labute approximate surface area is 132 Å². The van der Waals surface area contributed by atoms with E-state index in [1.54, 1.807) is 11.9 Å². The zero-order chi connectivity index (χ0) is 16.8. The SMILES string of the molecule is CC[C@]1(C(F)F)CN2CC[C@@H](c3cc(F)cc(C#N)c3)N2C1=O. The summed E-state index contributed by atoms with van der Waals surface area (Å²) in [6.45, 7) is 2.03. The lowest BCUT2D eigenvalue weighted by atomic mass is 9.84. The molecule has 0 unspecified atom stereocenters. The lowest BCUT2D eigenvalue weighted by Gasteiger charge is -2.27. The number of nitriles is 1. The lowest BCUT2D eigenvalue weighted by Crippen LogP contribution is -2.41. The van der Waals surface area contributed by atoms with Gasteiger partial charge in [-0.1, -0.05) is 6.92 Å². The van der Waals surface area contributed by atoms with Crippen molar-refractivity contribution < 1.29 is 18.0 Å². The van der Waals surface area contributed by atoms with E-state index in [1.807, 2.05) is 6.07 Å². The van der Waals surface area contributed by atoms with E-state index < -0.39 is 29.6 Å². The predicted molar refractivity (Wildman–Crippen MR) is 75.6 cm³/mol. The van der Waals surface area contributed by atoms with Gasteiger partial charge in [0.05, 0.1) is 17.7 Å². The van der Waals surface area contributed by atoms with Gasteiger partial charge in [0.2, 0.25) is 0 Å². The molecule has 0 aromatic heterocycles. The van der Waals surface area contributed by atoms with Gasteiger partial charge < -0.3 is 0 Å². The Kier molecular flexibility index (Phi) is 3.80. The summed E-state index contributed by atoms with van der Waals surface area (Å²) in [5.74, 6) is -1.18. The summed E-state index contributed by atoms with van der Waals surface area (Å²) >= 11 is 0. The van der Waals surface area contributed by atoms with E-state index in [0.717, 1.165) is 6.07 Å². The van der Waals surface area contributed by atoms with Gasteiger partial charge in [-0.2, -0.15) is 5.26 Å². The Hall–Kier alpha value is -2.07. The average molecular weight is 323 g/mol. The largest absolute Gasteiger partial charge is 0.272 e. The van der Waals surface area contributed by atoms with Crippen molar-refractivity contribution >= 4 is 5.91 Å². The second-order valence-corrected chi connectivity index (χ2v) is 6.04. The number of nitrogens with zero attached hydrogens (tertiary/aromatic N) is 3. The molecular formula is C16H16F3N3O. The highest BCUT2D eigenvalue weighted by molar-refractivity contribution is 5.85. The maximum absolute atomic E-state index is 13.7. The molecule has 4 nitrogen and oxygen atoms in total. The second-order valence-electron chi connectivity index (χ2n) is 6.04. The number of rotatable bonds is 3. The monoisotopic (exact) mass is 323 g/mol. The third-order valence-electron chi connectivity index (χ3n) is 4.84. The molecular weight excluding hydrogens is 307 g/mol. The quantitative estimate of drug-likeness (QED) is 0.859. The van der Waals surface area contributed by atoms with Gasteiger partial charge in [0, 0.05) is 13.1 Å². The number of benzene rings is 1. The Bertz CT molecular complexity index is 688. The highest BCUT2D eigenvalue weighted by Gasteiger charge is 2.59. The number of hydrogen-bond acceptors (Lipinski definition) is 3.